The Morgan fingerprint density at radius 1 is 1.47 bits per heavy atom. The molecule has 0 spiro atoms. The minimum absolute atomic E-state index is 0.167. The lowest BCUT2D eigenvalue weighted by Crippen LogP contribution is -2.46. The zero-order valence-corrected chi connectivity index (χ0v) is 11.0. The molecule has 1 aliphatic heterocycles. The Morgan fingerprint density at radius 2 is 2.06 bits per heavy atom. The number of Topliss-reactive ketones (excluding diaryl/α,β-unsaturated/α-hetero) is 1. The van der Waals surface area contributed by atoms with Crippen molar-refractivity contribution >= 4 is 11.7 Å². The van der Waals surface area contributed by atoms with Gasteiger partial charge in [-0.15, -0.1) is 0 Å². The fourth-order valence-corrected chi connectivity index (χ4v) is 1.98. The van der Waals surface area contributed by atoms with E-state index in [1.807, 2.05) is 6.92 Å². The first-order valence-electron chi connectivity index (χ1n) is 6.11. The van der Waals surface area contributed by atoms with Crippen molar-refractivity contribution in [3.8, 4) is 0 Å². The smallest absolute Gasteiger partial charge is 0.291 e. The number of carbonyl (C=O) groups excluding carboxylic acids is 2. The zero-order chi connectivity index (χ0) is 13.2. The molecule has 0 aromatic heterocycles. The van der Waals surface area contributed by atoms with Gasteiger partial charge in [0.05, 0.1) is 6.04 Å². The molecule has 96 valence electrons. The van der Waals surface area contributed by atoms with Crippen LogP contribution in [0.2, 0.25) is 0 Å². The van der Waals surface area contributed by atoms with Gasteiger partial charge in [-0.1, -0.05) is 27.4 Å². The van der Waals surface area contributed by atoms with Crippen LogP contribution >= 0.6 is 0 Å². The number of likely N-dealkylation sites (tertiary alicyclic amines) is 1. The quantitative estimate of drug-likeness (QED) is 0.754. The monoisotopic (exact) mass is 238 g/mol. The van der Waals surface area contributed by atoms with E-state index in [1.54, 1.807) is 18.7 Å². The van der Waals surface area contributed by atoms with Gasteiger partial charge in [-0.3, -0.25) is 9.59 Å². The van der Waals surface area contributed by atoms with Crippen LogP contribution in [0.15, 0.2) is 12.3 Å². The lowest BCUT2D eigenvalue weighted by Gasteiger charge is -2.28. The van der Waals surface area contributed by atoms with Crippen LogP contribution in [0.3, 0.4) is 0 Å². The number of hydrogen-bond donors (Lipinski definition) is 1. The molecule has 1 aliphatic rings. The van der Waals surface area contributed by atoms with E-state index in [-0.39, 0.29) is 11.8 Å². The molecule has 0 bridgehead atoms. The highest BCUT2D eigenvalue weighted by atomic mass is 16.2. The summed E-state index contributed by atoms with van der Waals surface area (Å²) in [7, 11) is 0. The molecule has 1 atom stereocenters. The molecule has 1 fully saturated rings. The summed E-state index contributed by atoms with van der Waals surface area (Å²) in [5.74, 6) is -0.737. The molecule has 0 aliphatic carbocycles. The van der Waals surface area contributed by atoms with E-state index in [4.69, 9.17) is 5.73 Å². The highest BCUT2D eigenvalue weighted by Crippen LogP contribution is 2.26. The maximum atomic E-state index is 12.1. The average molecular weight is 238 g/mol. The predicted octanol–water partition coefficient (Wildman–Crippen LogP) is 1.46. The Balaban J connectivity index is 2.83. The van der Waals surface area contributed by atoms with Gasteiger partial charge in [-0.05, 0) is 19.3 Å². The summed E-state index contributed by atoms with van der Waals surface area (Å²) in [6.07, 6.45) is 2.34. The number of nitrogens with zero attached hydrogens (tertiary/aromatic N) is 1. The fourth-order valence-electron chi connectivity index (χ4n) is 1.98. The van der Waals surface area contributed by atoms with Crippen molar-refractivity contribution in [3.05, 3.63) is 12.3 Å². The number of hydrogen-bond acceptors (Lipinski definition) is 3. The van der Waals surface area contributed by atoms with E-state index in [1.165, 1.54) is 0 Å². The first-order chi connectivity index (χ1) is 7.81. The van der Waals surface area contributed by atoms with E-state index in [0.29, 0.717) is 18.7 Å². The Bertz CT molecular complexity index is 347. The van der Waals surface area contributed by atoms with Crippen molar-refractivity contribution < 1.29 is 9.59 Å². The zero-order valence-electron chi connectivity index (χ0n) is 11.0. The van der Waals surface area contributed by atoms with Crippen molar-refractivity contribution in [1.29, 1.82) is 0 Å². The topological polar surface area (TPSA) is 63.4 Å². The first kappa shape index (κ1) is 13.7. The molecular formula is C13H22N2O2. The van der Waals surface area contributed by atoms with Crippen LogP contribution in [-0.2, 0) is 9.59 Å². The summed E-state index contributed by atoms with van der Waals surface area (Å²) < 4.78 is 0. The Labute approximate surface area is 103 Å². The summed E-state index contributed by atoms with van der Waals surface area (Å²) in [6.45, 7) is 9.80. The maximum Gasteiger partial charge on any atom is 0.291 e. The number of nitrogens with two attached hydrogens (primary N) is 1. The van der Waals surface area contributed by atoms with Gasteiger partial charge in [-0.25, -0.2) is 0 Å². The Hall–Kier alpha value is -1.32. The highest BCUT2D eigenvalue weighted by molar-refractivity contribution is 6.38. The summed E-state index contributed by atoms with van der Waals surface area (Å²) >= 11 is 0. The van der Waals surface area contributed by atoms with Gasteiger partial charge in [0.25, 0.3) is 5.91 Å². The van der Waals surface area contributed by atoms with E-state index in [2.05, 4.69) is 6.58 Å². The van der Waals surface area contributed by atoms with Crippen LogP contribution in [-0.4, -0.2) is 29.2 Å². The van der Waals surface area contributed by atoms with Gasteiger partial charge in [0.15, 0.2) is 0 Å². The number of amides is 1. The molecule has 2 N–H and O–H groups in total. The SMILES string of the molecule is C=C(N)C1CCCN1C(=O)C(=O)C(C)(C)CC. The third-order valence-corrected chi connectivity index (χ3v) is 3.63. The second-order valence-corrected chi connectivity index (χ2v) is 5.30. The molecule has 1 saturated heterocycles. The van der Waals surface area contributed by atoms with Gasteiger partial charge >= 0.3 is 0 Å². The summed E-state index contributed by atoms with van der Waals surface area (Å²) in [5, 5.41) is 0. The molecule has 4 nitrogen and oxygen atoms in total. The molecule has 0 saturated carbocycles. The standard InChI is InChI=1S/C13H22N2O2/c1-5-13(3,4)11(16)12(17)15-8-6-7-10(15)9(2)14/h10H,2,5-8,14H2,1,3-4H3. The number of carbonyl (C=O) groups is 2. The molecule has 1 amide bonds. The maximum absolute atomic E-state index is 12.1. The minimum Gasteiger partial charge on any atom is -0.401 e. The highest BCUT2D eigenvalue weighted by Gasteiger charge is 2.38. The van der Waals surface area contributed by atoms with Crippen molar-refractivity contribution in [1.82, 2.24) is 4.90 Å². The predicted molar refractivity (Wildman–Crippen MR) is 67.1 cm³/mol. The third-order valence-electron chi connectivity index (χ3n) is 3.63. The van der Waals surface area contributed by atoms with E-state index >= 15 is 0 Å². The van der Waals surface area contributed by atoms with Crippen LogP contribution in [0, 0.1) is 5.41 Å². The largest absolute Gasteiger partial charge is 0.401 e. The van der Waals surface area contributed by atoms with Crippen LogP contribution in [0.5, 0.6) is 0 Å². The van der Waals surface area contributed by atoms with Gasteiger partial charge in [0, 0.05) is 17.7 Å². The van der Waals surface area contributed by atoms with Gasteiger partial charge < -0.3 is 10.6 Å². The van der Waals surface area contributed by atoms with E-state index in [0.717, 1.165) is 12.8 Å². The average Bonchev–Trinajstić information content (AvgIpc) is 2.75. The molecule has 0 aromatic carbocycles. The lowest BCUT2D eigenvalue weighted by atomic mass is 9.84. The molecule has 1 heterocycles. The van der Waals surface area contributed by atoms with Gasteiger partial charge in [0.1, 0.15) is 0 Å². The van der Waals surface area contributed by atoms with Crippen molar-refractivity contribution in [2.24, 2.45) is 11.1 Å². The Kier molecular flexibility index (Phi) is 3.96. The van der Waals surface area contributed by atoms with Crippen LogP contribution in [0.25, 0.3) is 0 Å². The fraction of sp³-hybridized carbons (Fsp3) is 0.692. The molecule has 0 aromatic rings. The second-order valence-electron chi connectivity index (χ2n) is 5.30. The number of rotatable bonds is 4. The Morgan fingerprint density at radius 3 is 2.53 bits per heavy atom. The van der Waals surface area contributed by atoms with Gasteiger partial charge in [-0.2, -0.15) is 0 Å². The van der Waals surface area contributed by atoms with E-state index < -0.39 is 11.3 Å². The van der Waals surface area contributed by atoms with Gasteiger partial charge in [0.2, 0.25) is 5.78 Å². The molecule has 0 radical (unpaired) electrons. The molecular weight excluding hydrogens is 216 g/mol. The summed E-state index contributed by atoms with van der Waals surface area (Å²) in [5.41, 5.74) is 5.54. The van der Waals surface area contributed by atoms with Crippen molar-refractivity contribution in [3.63, 3.8) is 0 Å². The normalized spacial score (nSPS) is 20.4. The minimum atomic E-state index is -0.597. The molecule has 17 heavy (non-hydrogen) atoms. The molecule has 1 unspecified atom stereocenters. The third kappa shape index (κ3) is 2.68. The molecule has 4 heteroatoms. The number of ketones is 1. The summed E-state index contributed by atoms with van der Waals surface area (Å²) in [4.78, 5) is 25.8. The summed E-state index contributed by atoms with van der Waals surface area (Å²) in [6, 6.07) is -0.167. The van der Waals surface area contributed by atoms with Crippen molar-refractivity contribution in [2.45, 2.75) is 46.1 Å². The van der Waals surface area contributed by atoms with Crippen LogP contribution in [0.1, 0.15) is 40.0 Å². The van der Waals surface area contributed by atoms with Crippen molar-refractivity contribution in [2.75, 3.05) is 6.54 Å². The molecule has 1 rings (SSSR count). The van der Waals surface area contributed by atoms with Crippen LogP contribution in [0.4, 0.5) is 0 Å². The van der Waals surface area contributed by atoms with E-state index in [9.17, 15) is 9.59 Å². The second kappa shape index (κ2) is 4.90. The van der Waals surface area contributed by atoms with Crippen LogP contribution < -0.4 is 5.73 Å². The first-order valence-corrected chi connectivity index (χ1v) is 6.11. The lowest BCUT2D eigenvalue weighted by molar-refractivity contribution is -0.149.